The second-order valence-corrected chi connectivity index (χ2v) is 3.78. The molecule has 0 aromatic carbocycles. The summed E-state index contributed by atoms with van der Waals surface area (Å²) in [5.41, 5.74) is -1.12. The molecule has 16 heavy (non-hydrogen) atoms. The minimum atomic E-state index is -4.49. The first-order chi connectivity index (χ1) is 7.38. The van der Waals surface area contributed by atoms with Gasteiger partial charge in [-0.25, -0.2) is 0 Å². The lowest BCUT2D eigenvalue weighted by Crippen LogP contribution is -2.25. The van der Waals surface area contributed by atoms with Gasteiger partial charge in [0.05, 0.1) is 0 Å². The van der Waals surface area contributed by atoms with Crippen LogP contribution in [0.5, 0.6) is 0 Å². The van der Waals surface area contributed by atoms with E-state index in [1.807, 2.05) is 0 Å². The molecule has 0 saturated heterocycles. The summed E-state index contributed by atoms with van der Waals surface area (Å²) < 4.78 is 37.9. The maximum absolute atomic E-state index is 12.4. The lowest BCUT2D eigenvalue weighted by atomic mass is 10.3. The smallest absolute Gasteiger partial charge is 0.348 e. The van der Waals surface area contributed by atoms with E-state index in [1.165, 1.54) is 0 Å². The number of alkyl halides is 3. The molecule has 4 nitrogen and oxygen atoms in total. The van der Waals surface area contributed by atoms with Crippen molar-refractivity contribution in [1.82, 2.24) is 15.1 Å². The molecule has 1 aliphatic rings. The fraction of sp³-hybridized carbons (Fsp3) is 0.556. The Kier molecular flexibility index (Phi) is 2.40. The molecule has 7 heteroatoms. The minimum Gasteiger partial charge on any atom is -0.348 e. The van der Waals surface area contributed by atoms with Gasteiger partial charge in [0.25, 0.3) is 5.91 Å². The summed E-state index contributed by atoms with van der Waals surface area (Å²) in [5.74, 6) is -0.548. The zero-order valence-corrected chi connectivity index (χ0v) is 8.51. The summed E-state index contributed by atoms with van der Waals surface area (Å²) in [4.78, 5) is 11.4. The molecular formula is C9H10F3N3O. The van der Waals surface area contributed by atoms with E-state index in [4.69, 9.17) is 0 Å². The normalized spacial score (nSPS) is 16.2. The monoisotopic (exact) mass is 233 g/mol. The fourth-order valence-corrected chi connectivity index (χ4v) is 1.33. The van der Waals surface area contributed by atoms with Gasteiger partial charge in [0.15, 0.2) is 5.69 Å². The minimum absolute atomic E-state index is 0.101. The number of hydrogen-bond donors (Lipinski definition) is 1. The highest BCUT2D eigenvalue weighted by Crippen LogP contribution is 2.29. The van der Waals surface area contributed by atoms with Gasteiger partial charge in [0.1, 0.15) is 5.69 Å². The van der Waals surface area contributed by atoms with E-state index in [0.717, 1.165) is 26.0 Å². The van der Waals surface area contributed by atoms with Crippen molar-refractivity contribution in [2.45, 2.75) is 25.1 Å². The molecule has 1 amide bonds. The lowest BCUT2D eigenvalue weighted by molar-refractivity contribution is -0.143. The first-order valence-electron chi connectivity index (χ1n) is 4.80. The molecule has 1 saturated carbocycles. The number of aromatic nitrogens is 2. The summed E-state index contributed by atoms with van der Waals surface area (Å²) >= 11 is 0. The molecule has 0 unspecified atom stereocenters. The molecule has 1 aliphatic carbocycles. The topological polar surface area (TPSA) is 46.9 Å². The van der Waals surface area contributed by atoms with Gasteiger partial charge in [-0.1, -0.05) is 0 Å². The van der Waals surface area contributed by atoms with Gasteiger partial charge in [-0.2, -0.15) is 18.3 Å². The standard InChI is InChI=1S/C9H10F3N3O/c1-15-7(9(10,11)12)4-6(14-15)8(16)13-5-2-3-5/h4-5H,2-3H2,1H3,(H,13,16). The number of carbonyl (C=O) groups is 1. The van der Waals surface area contributed by atoms with Crippen LogP contribution in [0.3, 0.4) is 0 Å². The fourth-order valence-electron chi connectivity index (χ4n) is 1.33. The molecule has 88 valence electrons. The average Bonchev–Trinajstić information content (AvgIpc) is 2.84. The maximum Gasteiger partial charge on any atom is 0.433 e. The first kappa shape index (κ1) is 11.0. The van der Waals surface area contributed by atoms with Gasteiger partial charge >= 0.3 is 6.18 Å². The third-order valence-electron chi connectivity index (χ3n) is 2.32. The summed E-state index contributed by atoms with van der Waals surface area (Å²) in [6.07, 6.45) is -2.73. The summed E-state index contributed by atoms with van der Waals surface area (Å²) in [5, 5.41) is 6.12. The Morgan fingerprint density at radius 1 is 1.56 bits per heavy atom. The van der Waals surface area contributed by atoms with Crippen LogP contribution in [-0.4, -0.2) is 21.7 Å². The molecule has 0 aliphatic heterocycles. The van der Waals surface area contributed by atoms with E-state index in [1.54, 1.807) is 0 Å². The van der Waals surface area contributed by atoms with Crippen molar-refractivity contribution in [3.63, 3.8) is 0 Å². The second-order valence-electron chi connectivity index (χ2n) is 3.78. The van der Waals surface area contributed by atoms with Gasteiger partial charge in [0, 0.05) is 19.2 Å². The van der Waals surface area contributed by atoms with Gasteiger partial charge in [-0.05, 0) is 12.8 Å². The van der Waals surface area contributed by atoms with Crippen LogP contribution < -0.4 is 5.32 Å². The van der Waals surface area contributed by atoms with Crippen molar-refractivity contribution in [2.24, 2.45) is 7.05 Å². The largest absolute Gasteiger partial charge is 0.433 e. The third-order valence-corrected chi connectivity index (χ3v) is 2.32. The highest BCUT2D eigenvalue weighted by atomic mass is 19.4. The third kappa shape index (κ3) is 2.17. The van der Waals surface area contributed by atoms with Gasteiger partial charge in [-0.15, -0.1) is 0 Å². The van der Waals surface area contributed by atoms with Crippen LogP contribution >= 0.6 is 0 Å². The number of hydrogen-bond acceptors (Lipinski definition) is 2. The average molecular weight is 233 g/mol. The number of carbonyl (C=O) groups excluding carboxylic acids is 1. The quantitative estimate of drug-likeness (QED) is 0.837. The Hall–Kier alpha value is -1.53. The van der Waals surface area contributed by atoms with Crippen LogP contribution in [-0.2, 0) is 13.2 Å². The van der Waals surface area contributed by atoms with Crippen LogP contribution in [0.15, 0.2) is 6.07 Å². The molecule has 0 radical (unpaired) electrons. The molecule has 1 aromatic heterocycles. The molecule has 2 rings (SSSR count). The number of halogens is 3. The number of rotatable bonds is 2. The van der Waals surface area contributed by atoms with Crippen LogP contribution in [0.25, 0.3) is 0 Å². The van der Waals surface area contributed by atoms with Crippen LogP contribution in [0, 0.1) is 0 Å². The van der Waals surface area contributed by atoms with Crippen molar-refractivity contribution in [3.05, 3.63) is 17.5 Å². The van der Waals surface area contributed by atoms with E-state index in [-0.39, 0.29) is 11.7 Å². The molecule has 0 atom stereocenters. The highest BCUT2D eigenvalue weighted by molar-refractivity contribution is 5.92. The molecule has 1 aromatic rings. The van der Waals surface area contributed by atoms with E-state index in [9.17, 15) is 18.0 Å². The highest BCUT2D eigenvalue weighted by Gasteiger charge is 2.36. The number of nitrogens with zero attached hydrogens (tertiary/aromatic N) is 2. The van der Waals surface area contributed by atoms with Gasteiger partial charge < -0.3 is 5.32 Å². The van der Waals surface area contributed by atoms with Crippen LogP contribution in [0.1, 0.15) is 29.0 Å². The van der Waals surface area contributed by atoms with Gasteiger partial charge in [0.2, 0.25) is 0 Å². The Morgan fingerprint density at radius 3 is 2.62 bits per heavy atom. The Morgan fingerprint density at radius 2 is 2.19 bits per heavy atom. The van der Waals surface area contributed by atoms with E-state index < -0.39 is 17.8 Å². The molecule has 1 heterocycles. The zero-order valence-electron chi connectivity index (χ0n) is 8.51. The molecule has 0 bridgehead atoms. The van der Waals surface area contributed by atoms with Gasteiger partial charge in [-0.3, -0.25) is 9.48 Å². The van der Waals surface area contributed by atoms with Crippen molar-refractivity contribution in [1.29, 1.82) is 0 Å². The predicted octanol–water partition coefficient (Wildman–Crippen LogP) is 1.33. The number of amides is 1. The lowest BCUT2D eigenvalue weighted by Gasteiger charge is -2.04. The van der Waals surface area contributed by atoms with Crippen molar-refractivity contribution >= 4 is 5.91 Å². The Bertz CT molecular complexity index is 420. The number of aryl methyl sites for hydroxylation is 1. The van der Waals surface area contributed by atoms with E-state index in [2.05, 4.69) is 10.4 Å². The first-order valence-corrected chi connectivity index (χ1v) is 4.80. The second kappa shape index (κ2) is 3.50. The SMILES string of the molecule is Cn1nc(C(=O)NC2CC2)cc1C(F)(F)F. The maximum atomic E-state index is 12.4. The van der Waals surface area contributed by atoms with E-state index >= 15 is 0 Å². The Labute approximate surface area is 89.4 Å². The van der Waals surface area contributed by atoms with Crippen LogP contribution in [0.4, 0.5) is 13.2 Å². The summed E-state index contributed by atoms with van der Waals surface area (Å²) in [6.45, 7) is 0. The molecule has 1 fully saturated rings. The van der Waals surface area contributed by atoms with Crippen LogP contribution in [0.2, 0.25) is 0 Å². The van der Waals surface area contributed by atoms with Crippen molar-refractivity contribution in [3.8, 4) is 0 Å². The van der Waals surface area contributed by atoms with Crippen molar-refractivity contribution in [2.75, 3.05) is 0 Å². The molecular weight excluding hydrogens is 223 g/mol. The molecule has 0 spiro atoms. The Balaban J connectivity index is 2.19. The van der Waals surface area contributed by atoms with E-state index in [0.29, 0.717) is 4.68 Å². The predicted molar refractivity (Wildman–Crippen MR) is 48.7 cm³/mol. The number of nitrogens with one attached hydrogen (secondary N) is 1. The summed E-state index contributed by atoms with van der Waals surface area (Å²) in [6, 6.07) is 0.862. The summed E-state index contributed by atoms with van der Waals surface area (Å²) in [7, 11) is 1.16. The molecule has 1 N–H and O–H groups in total. The van der Waals surface area contributed by atoms with Crippen molar-refractivity contribution < 1.29 is 18.0 Å². The zero-order chi connectivity index (χ0) is 11.9.